The van der Waals surface area contributed by atoms with Crippen molar-refractivity contribution in [3.63, 3.8) is 0 Å². The number of hydrogen-bond acceptors (Lipinski definition) is 4. The summed E-state index contributed by atoms with van der Waals surface area (Å²) < 4.78 is 10.8. The van der Waals surface area contributed by atoms with Crippen molar-refractivity contribution in [3.8, 4) is 0 Å². The Bertz CT molecular complexity index is 393. The van der Waals surface area contributed by atoms with E-state index in [1.165, 1.54) is 0 Å². The lowest BCUT2D eigenvalue weighted by Gasteiger charge is -2.10. The largest absolute Gasteiger partial charge is 0.423 e. The van der Waals surface area contributed by atoms with Gasteiger partial charge >= 0.3 is 0 Å². The maximum atomic E-state index is 5.50. The Balaban J connectivity index is 2.24. The van der Waals surface area contributed by atoms with Gasteiger partial charge in [-0.2, -0.15) is 0 Å². The van der Waals surface area contributed by atoms with E-state index in [9.17, 15) is 0 Å². The molecule has 4 heteroatoms. The fraction of sp³-hybridized carbons (Fsp3) is 0.455. The van der Waals surface area contributed by atoms with Crippen molar-refractivity contribution in [1.82, 2.24) is 4.98 Å². The minimum atomic E-state index is 0.0870. The zero-order chi connectivity index (χ0) is 10.7. The summed E-state index contributed by atoms with van der Waals surface area (Å²) in [5.74, 6) is 1.22. The molecule has 1 aliphatic rings. The fourth-order valence-electron chi connectivity index (χ4n) is 1.49. The van der Waals surface area contributed by atoms with Crippen LogP contribution >= 0.6 is 0 Å². The molecule has 1 aromatic rings. The van der Waals surface area contributed by atoms with Gasteiger partial charge in [0.25, 0.3) is 0 Å². The number of hydrogen-bond donors (Lipinski definition) is 0. The summed E-state index contributed by atoms with van der Waals surface area (Å²) in [7, 11) is 0. The molecule has 0 radical (unpaired) electrons. The van der Waals surface area contributed by atoms with Gasteiger partial charge in [0.05, 0.1) is 6.10 Å². The Morgan fingerprint density at radius 3 is 3.27 bits per heavy atom. The Morgan fingerprint density at radius 1 is 1.60 bits per heavy atom. The normalized spacial score (nSPS) is 19.7. The lowest BCUT2D eigenvalue weighted by Crippen LogP contribution is -2.10. The van der Waals surface area contributed by atoms with E-state index in [-0.39, 0.29) is 6.10 Å². The van der Waals surface area contributed by atoms with Gasteiger partial charge in [0.2, 0.25) is 5.88 Å². The lowest BCUT2D eigenvalue weighted by molar-refractivity contribution is 0.103. The first-order valence-electron chi connectivity index (χ1n) is 5.09. The van der Waals surface area contributed by atoms with Crippen molar-refractivity contribution in [2.45, 2.75) is 26.4 Å². The van der Waals surface area contributed by atoms with Gasteiger partial charge in [-0.05, 0) is 13.0 Å². The summed E-state index contributed by atoms with van der Waals surface area (Å²) in [5, 5.41) is 0. The quantitative estimate of drug-likeness (QED) is 0.747. The first-order valence-corrected chi connectivity index (χ1v) is 5.09. The monoisotopic (exact) mass is 206 g/mol. The van der Waals surface area contributed by atoms with E-state index in [1.807, 2.05) is 32.2 Å². The molecule has 2 rings (SSSR count). The molecule has 0 amide bonds. The first kappa shape index (κ1) is 10.1. The smallest absolute Gasteiger partial charge is 0.246 e. The fourth-order valence-corrected chi connectivity index (χ4v) is 1.49. The highest BCUT2D eigenvalue weighted by Gasteiger charge is 2.11. The van der Waals surface area contributed by atoms with Crippen LogP contribution in [0, 0.1) is 6.92 Å². The van der Waals surface area contributed by atoms with Gasteiger partial charge in [0, 0.05) is 26.2 Å². The Hall–Kier alpha value is -1.42. The topological polar surface area (TPSA) is 47.6 Å². The van der Waals surface area contributed by atoms with E-state index in [2.05, 4.69) is 9.98 Å². The third-order valence-corrected chi connectivity index (χ3v) is 2.14. The van der Waals surface area contributed by atoms with Crippen LogP contribution in [0.5, 0.6) is 0 Å². The van der Waals surface area contributed by atoms with Crippen LogP contribution in [0.15, 0.2) is 15.5 Å². The Morgan fingerprint density at radius 2 is 2.47 bits per heavy atom. The molecule has 1 aliphatic heterocycles. The molecule has 4 nitrogen and oxygen atoms in total. The summed E-state index contributed by atoms with van der Waals surface area (Å²) in [4.78, 5) is 8.44. The van der Waals surface area contributed by atoms with Crippen molar-refractivity contribution in [1.29, 1.82) is 0 Å². The second-order valence-corrected chi connectivity index (χ2v) is 3.32. The summed E-state index contributed by atoms with van der Waals surface area (Å²) in [6.45, 7) is 4.50. The summed E-state index contributed by atoms with van der Waals surface area (Å²) in [6.07, 6.45) is 6.57. The molecule has 0 unspecified atom stereocenters. The van der Waals surface area contributed by atoms with E-state index >= 15 is 0 Å². The average molecular weight is 206 g/mol. The first-order chi connectivity index (χ1) is 7.29. The van der Waals surface area contributed by atoms with E-state index in [4.69, 9.17) is 9.15 Å². The van der Waals surface area contributed by atoms with E-state index in [0.29, 0.717) is 18.4 Å². The molecule has 80 valence electrons. The molecular formula is C11H14N2O2. The molecule has 0 fully saturated rings. The molecule has 0 saturated carbocycles. The predicted octanol–water partition coefficient (Wildman–Crippen LogP) is 2.51. The summed E-state index contributed by atoms with van der Waals surface area (Å²) in [6, 6.07) is 0. The number of oxazole rings is 1. The number of nitrogens with zero attached hydrogens (tertiary/aromatic N) is 2. The van der Waals surface area contributed by atoms with Crippen molar-refractivity contribution in [3.05, 3.63) is 17.7 Å². The zero-order valence-electron chi connectivity index (χ0n) is 8.93. The van der Waals surface area contributed by atoms with Gasteiger partial charge in [-0.1, -0.05) is 6.08 Å². The molecule has 0 bridgehead atoms. The highest BCUT2D eigenvalue weighted by Crippen LogP contribution is 2.23. The van der Waals surface area contributed by atoms with Gasteiger partial charge in [0.15, 0.2) is 5.89 Å². The Kier molecular flexibility index (Phi) is 2.97. The highest BCUT2D eigenvalue weighted by atomic mass is 16.5. The standard InChI is InChI=1S/C11H14N2O2/c1-3-14-9-4-5-10-11(12-7-6-9)15-8(2)13-10/h4-5,7,9H,3,6H2,1-2H3/t9-/m1/s1. The highest BCUT2D eigenvalue weighted by molar-refractivity contribution is 5.68. The number of ether oxygens (including phenoxy) is 1. The number of aromatic nitrogens is 1. The molecule has 0 spiro atoms. The minimum Gasteiger partial charge on any atom is -0.423 e. The minimum absolute atomic E-state index is 0.0870. The molecule has 1 aromatic heterocycles. The van der Waals surface area contributed by atoms with Crippen molar-refractivity contribution in [2.75, 3.05) is 6.61 Å². The van der Waals surface area contributed by atoms with Gasteiger partial charge in [-0.3, -0.25) is 0 Å². The van der Waals surface area contributed by atoms with Crippen LogP contribution in [0.3, 0.4) is 0 Å². The van der Waals surface area contributed by atoms with Gasteiger partial charge in [-0.15, -0.1) is 0 Å². The SMILES string of the molecule is CCO[C@@H]1C=Cc2nc(C)oc2N=CC1. The van der Waals surface area contributed by atoms with Crippen LogP contribution in [0.1, 0.15) is 24.9 Å². The van der Waals surface area contributed by atoms with Gasteiger partial charge in [-0.25, -0.2) is 9.98 Å². The van der Waals surface area contributed by atoms with Crippen LogP contribution in [0.4, 0.5) is 5.88 Å². The van der Waals surface area contributed by atoms with Gasteiger partial charge < -0.3 is 9.15 Å². The van der Waals surface area contributed by atoms with Crippen molar-refractivity contribution < 1.29 is 9.15 Å². The molecule has 0 aromatic carbocycles. The number of aryl methyl sites for hydroxylation is 1. The van der Waals surface area contributed by atoms with Crippen LogP contribution in [0.2, 0.25) is 0 Å². The maximum Gasteiger partial charge on any atom is 0.246 e. The van der Waals surface area contributed by atoms with Crippen LogP contribution in [-0.2, 0) is 4.74 Å². The number of rotatable bonds is 2. The van der Waals surface area contributed by atoms with Crippen LogP contribution in [-0.4, -0.2) is 23.9 Å². The third kappa shape index (κ3) is 2.33. The molecular weight excluding hydrogens is 192 g/mol. The second-order valence-electron chi connectivity index (χ2n) is 3.32. The number of fused-ring (bicyclic) bond motifs is 1. The van der Waals surface area contributed by atoms with Gasteiger partial charge in [0.1, 0.15) is 5.69 Å². The molecule has 0 saturated heterocycles. The van der Waals surface area contributed by atoms with Crippen LogP contribution < -0.4 is 0 Å². The molecule has 0 aliphatic carbocycles. The second kappa shape index (κ2) is 4.40. The molecule has 15 heavy (non-hydrogen) atoms. The summed E-state index contributed by atoms with van der Waals surface area (Å²) >= 11 is 0. The molecule has 1 atom stereocenters. The molecule has 2 heterocycles. The predicted molar refractivity (Wildman–Crippen MR) is 58.5 cm³/mol. The summed E-state index contributed by atoms with van der Waals surface area (Å²) in [5.41, 5.74) is 0.771. The van der Waals surface area contributed by atoms with Crippen LogP contribution in [0.25, 0.3) is 6.08 Å². The van der Waals surface area contributed by atoms with E-state index in [0.717, 1.165) is 12.1 Å². The Labute approximate surface area is 88.7 Å². The number of aliphatic imine (C=N–C) groups is 1. The average Bonchev–Trinajstić information content (AvgIpc) is 2.52. The zero-order valence-corrected chi connectivity index (χ0v) is 8.93. The lowest BCUT2D eigenvalue weighted by atomic mass is 10.2. The maximum absolute atomic E-state index is 5.50. The molecule has 0 N–H and O–H groups in total. The van der Waals surface area contributed by atoms with E-state index < -0.39 is 0 Å². The van der Waals surface area contributed by atoms with Crippen molar-refractivity contribution in [2.24, 2.45) is 4.99 Å². The van der Waals surface area contributed by atoms with Crippen molar-refractivity contribution >= 4 is 18.2 Å². The third-order valence-electron chi connectivity index (χ3n) is 2.14. The van der Waals surface area contributed by atoms with E-state index in [1.54, 1.807) is 0 Å².